The molecule has 1 saturated carbocycles. The van der Waals surface area contributed by atoms with Crippen molar-refractivity contribution >= 4 is 65.5 Å². The SMILES string of the molecule is CC(C)C[C@@H]1NC(=O)[C@@H](Cc2ccccc2)NC(=O)[C@H](CCNC(=O)OC(C)(C)C)NC(=O)[C@@H](NC(=O)C2(N)CC2)CCNC(=O)[C@H]([C@@H](C)O)NC(=O)[C@H](CCNC(=O)OC(C)(C)C)NC(=O)[C@H](CCNC(=O)OC(C)(C)C)NC1=O. The molecule has 1 saturated heterocycles. The average molecular weight is 1150 g/mol. The Morgan fingerprint density at radius 2 is 0.963 bits per heavy atom. The molecule has 27 nitrogen and oxygen atoms in total. The molecule has 1 heterocycles. The van der Waals surface area contributed by atoms with Crippen LogP contribution in [0.4, 0.5) is 14.4 Å². The van der Waals surface area contributed by atoms with E-state index >= 15 is 0 Å². The Hall–Kier alpha value is -7.29. The number of carbonyl (C=O) groups excluding carboxylic acids is 11. The van der Waals surface area contributed by atoms with E-state index in [1.807, 2.05) is 0 Å². The molecule has 0 radical (unpaired) electrons. The van der Waals surface area contributed by atoms with Crippen LogP contribution in [0.1, 0.15) is 134 Å². The van der Waals surface area contributed by atoms with Gasteiger partial charge in [0.2, 0.25) is 47.3 Å². The average Bonchev–Trinajstić information content (AvgIpc) is 4.24. The number of amides is 11. The van der Waals surface area contributed by atoms with Crippen LogP contribution in [0.3, 0.4) is 0 Å². The van der Waals surface area contributed by atoms with Gasteiger partial charge in [-0.1, -0.05) is 44.2 Å². The van der Waals surface area contributed by atoms with E-state index in [-0.39, 0.29) is 70.6 Å². The third kappa shape index (κ3) is 25.8. The Balaban J connectivity index is 2.22. The van der Waals surface area contributed by atoms with Gasteiger partial charge in [-0.2, -0.15) is 0 Å². The maximum absolute atomic E-state index is 14.7. The summed E-state index contributed by atoms with van der Waals surface area (Å²) >= 11 is 0. The first kappa shape index (κ1) is 68.0. The number of nitrogens with two attached hydrogens (primary N) is 1. The summed E-state index contributed by atoms with van der Waals surface area (Å²) in [6.45, 7) is 18.3. The van der Waals surface area contributed by atoms with Gasteiger partial charge in [0.1, 0.15) is 59.1 Å². The normalized spacial score (nSPS) is 23.2. The number of rotatable bonds is 16. The van der Waals surface area contributed by atoms with Crippen molar-refractivity contribution in [1.29, 1.82) is 0 Å². The molecule has 2 aliphatic rings. The third-order valence-corrected chi connectivity index (χ3v) is 12.1. The lowest BCUT2D eigenvalue weighted by Crippen LogP contribution is -2.61. The van der Waals surface area contributed by atoms with Gasteiger partial charge < -0.3 is 83.5 Å². The van der Waals surface area contributed by atoms with Crippen molar-refractivity contribution in [1.82, 2.24) is 58.5 Å². The second-order valence-electron chi connectivity index (χ2n) is 23.8. The number of ether oxygens (including phenoxy) is 3. The smallest absolute Gasteiger partial charge is 0.407 e. The highest BCUT2D eigenvalue weighted by Crippen LogP contribution is 2.32. The van der Waals surface area contributed by atoms with Gasteiger partial charge in [0.15, 0.2) is 0 Å². The zero-order valence-electron chi connectivity index (χ0n) is 48.8. The van der Waals surface area contributed by atoms with Crippen LogP contribution in [-0.4, -0.2) is 168 Å². The molecule has 0 spiro atoms. The number of benzene rings is 1. The molecule has 2 fully saturated rings. The van der Waals surface area contributed by atoms with Gasteiger partial charge in [-0.25, -0.2) is 14.4 Å². The van der Waals surface area contributed by atoms with Crippen LogP contribution in [0, 0.1) is 5.92 Å². The summed E-state index contributed by atoms with van der Waals surface area (Å²) in [7, 11) is 0. The fraction of sp³-hybridized carbons (Fsp3) is 0.685. The van der Waals surface area contributed by atoms with Crippen LogP contribution >= 0.6 is 0 Å². The minimum absolute atomic E-state index is 0.0234. The molecule has 0 aromatic heterocycles. The standard InChI is InChI=1S/C54H88N12O15/c1-30(2)28-37-44(72)62-33(19-25-57-48(76)79-51(4,5)6)40(68)61-35(21-27-59-50(78)81-53(10,11)12)43(71)66-39(31(3)67)46(74)56-24-18-36(65-47(75)54(55)22-23-54)42(70)60-34(20-26-58-49(77)80-52(7,8)9)41(69)64-38(45(73)63-37)29-32-16-14-13-15-17-32/h13-17,30-31,33-39,67H,18-29,55H2,1-12H3,(H,56,74)(H,57,76)(H,58,77)(H,59,78)(H,60,70)(H,61,68)(H,62,72)(H,63,73)(H,64,69)(H,65,75)(H,66,71)/t31-,33+,34+,35+,36+,37+,38-,39+/m1/s1. The molecule has 1 aromatic rings. The molecule has 3 rings (SSSR count). The summed E-state index contributed by atoms with van der Waals surface area (Å²) < 4.78 is 16.0. The van der Waals surface area contributed by atoms with E-state index in [0.717, 1.165) is 0 Å². The number of hydrogen-bond acceptors (Lipinski definition) is 16. The maximum Gasteiger partial charge on any atom is 0.407 e. The van der Waals surface area contributed by atoms with E-state index < -0.39 is 136 Å². The van der Waals surface area contributed by atoms with Gasteiger partial charge in [0, 0.05) is 32.6 Å². The van der Waals surface area contributed by atoms with E-state index in [0.29, 0.717) is 18.4 Å². The van der Waals surface area contributed by atoms with Gasteiger partial charge >= 0.3 is 18.3 Å². The summed E-state index contributed by atoms with van der Waals surface area (Å²) in [4.78, 5) is 153. The Morgan fingerprint density at radius 1 is 0.580 bits per heavy atom. The number of alkyl carbamates (subject to hydrolysis) is 3. The Kier molecular flexibility index (Phi) is 25.6. The molecule has 454 valence electrons. The number of nitrogens with one attached hydrogen (secondary N) is 11. The molecule has 8 atom stereocenters. The topological polar surface area (TPSA) is 394 Å². The second-order valence-corrected chi connectivity index (χ2v) is 23.8. The minimum Gasteiger partial charge on any atom is -0.444 e. The zero-order chi connectivity index (χ0) is 61.0. The maximum atomic E-state index is 14.7. The van der Waals surface area contributed by atoms with Crippen LogP contribution in [0.15, 0.2) is 30.3 Å². The monoisotopic (exact) mass is 1140 g/mol. The van der Waals surface area contributed by atoms with Crippen LogP contribution in [0.5, 0.6) is 0 Å². The minimum atomic E-state index is -1.72. The summed E-state index contributed by atoms with van der Waals surface area (Å²) in [6.07, 6.45) is -5.03. The van der Waals surface area contributed by atoms with E-state index in [4.69, 9.17) is 19.9 Å². The molecule has 0 bridgehead atoms. The van der Waals surface area contributed by atoms with Gasteiger partial charge in [-0.05, 0) is 126 Å². The highest BCUT2D eigenvalue weighted by atomic mass is 16.6. The lowest BCUT2D eigenvalue weighted by atomic mass is 10.00. The zero-order valence-corrected chi connectivity index (χ0v) is 48.8. The van der Waals surface area contributed by atoms with Crippen molar-refractivity contribution in [2.75, 3.05) is 26.2 Å². The van der Waals surface area contributed by atoms with Gasteiger partial charge in [-0.15, -0.1) is 0 Å². The summed E-state index contributed by atoms with van der Waals surface area (Å²) in [5.41, 5.74) is 2.76. The molecule has 1 aliphatic heterocycles. The van der Waals surface area contributed by atoms with Crippen molar-refractivity contribution < 1.29 is 72.1 Å². The number of aliphatic hydroxyl groups excluding tert-OH is 1. The highest BCUT2D eigenvalue weighted by Gasteiger charge is 2.47. The fourth-order valence-electron chi connectivity index (χ4n) is 7.87. The molecule has 1 aromatic carbocycles. The largest absolute Gasteiger partial charge is 0.444 e. The fourth-order valence-corrected chi connectivity index (χ4v) is 7.87. The van der Waals surface area contributed by atoms with Gasteiger partial charge in [0.25, 0.3) is 0 Å². The van der Waals surface area contributed by atoms with Crippen LogP contribution in [0.25, 0.3) is 0 Å². The summed E-state index contributed by atoms with van der Waals surface area (Å²) in [5.74, 6) is -7.61. The first-order valence-corrected chi connectivity index (χ1v) is 27.4. The first-order valence-electron chi connectivity index (χ1n) is 27.4. The van der Waals surface area contributed by atoms with Crippen molar-refractivity contribution in [2.24, 2.45) is 11.7 Å². The first-order chi connectivity index (χ1) is 37.5. The van der Waals surface area contributed by atoms with E-state index in [1.165, 1.54) is 6.92 Å². The van der Waals surface area contributed by atoms with Gasteiger partial charge in [-0.3, -0.25) is 38.4 Å². The quantitative estimate of drug-likeness (QED) is 0.0954. The summed E-state index contributed by atoms with van der Waals surface area (Å²) in [5, 5.41) is 39.3. The molecule has 11 amide bonds. The predicted octanol–water partition coefficient (Wildman–Crippen LogP) is -0.195. The molecular formula is C54H88N12O15. The van der Waals surface area contributed by atoms with Gasteiger partial charge in [0.05, 0.1) is 11.6 Å². The van der Waals surface area contributed by atoms with Crippen molar-refractivity contribution in [2.45, 2.75) is 205 Å². The lowest BCUT2D eigenvalue weighted by Gasteiger charge is -2.29. The number of carbonyl (C=O) groups is 11. The molecule has 81 heavy (non-hydrogen) atoms. The van der Waals surface area contributed by atoms with Crippen LogP contribution in [0.2, 0.25) is 0 Å². The summed E-state index contributed by atoms with van der Waals surface area (Å²) in [6, 6.07) is -2.22. The predicted molar refractivity (Wildman–Crippen MR) is 295 cm³/mol. The molecule has 27 heteroatoms. The molecule has 0 unspecified atom stereocenters. The Bertz CT molecular complexity index is 2360. The van der Waals surface area contributed by atoms with E-state index in [2.05, 4.69) is 58.5 Å². The second kappa shape index (κ2) is 30.5. The van der Waals surface area contributed by atoms with Crippen LogP contribution < -0.4 is 64.2 Å². The molecule has 1 aliphatic carbocycles. The van der Waals surface area contributed by atoms with Crippen molar-refractivity contribution in [3.63, 3.8) is 0 Å². The Labute approximate surface area is 473 Å². The number of hydrogen-bond donors (Lipinski definition) is 13. The lowest BCUT2D eigenvalue weighted by molar-refractivity contribution is -0.136. The van der Waals surface area contributed by atoms with E-state index in [1.54, 1.807) is 106 Å². The van der Waals surface area contributed by atoms with Crippen molar-refractivity contribution in [3.05, 3.63) is 35.9 Å². The molecule has 14 N–H and O–H groups in total. The molecular weight excluding hydrogens is 1060 g/mol. The third-order valence-electron chi connectivity index (χ3n) is 12.1. The Morgan fingerprint density at radius 3 is 1.37 bits per heavy atom. The number of aliphatic hydroxyl groups is 1. The highest BCUT2D eigenvalue weighted by molar-refractivity contribution is 5.98. The van der Waals surface area contributed by atoms with Crippen molar-refractivity contribution in [3.8, 4) is 0 Å². The van der Waals surface area contributed by atoms with E-state index in [9.17, 15) is 57.8 Å². The van der Waals surface area contributed by atoms with Crippen LogP contribution in [-0.2, 0) is 59.0 Å².